The Morgan fingerprint density at radius 3 is 2.83 bits per heavy atom. The number of hydrogen-bond acceptors (Lipinski definition) is 2. The molecule has 1 aliphatic carbocycles. The number of ether oxygens (including phenoxy) is 1. The van der Waals surface area contributed by atoms with Crippen LogP contribution in [0, 0.1) is 17.2 Å². The summed E-state index contributed by atoms with van der Waals surface area (Å²) in [5.41, 5.74) is 1.25. The number of benzene rings is 1. The minimum absolute atomic E-state index is 0.474. The highest BCUT2D eigenvalue weighted by Gasteiger charge is 2.26. The van der Waals surface area contributed by atoms with Crippen LogP contribution in [0.1, 0.15) is 43.6 Å². The van der Waals surface area contributed by atoms with Crippen LogP contribution in [0.2, 0.25) is 5.02 Å². The van der Waals surface area contributed by atoms with Gasteiger partial charge >= 0.3 is 0 Å². The Morgan fingerprint density at radius 2 is 2.17 bits per heavy atom. The van der Waals surface area contributed by atoms with Crippen LogP contribution in [-0.4, -0.2) is 7.11 Å². The summed E-state index contributed by atoms with van der Waals surface area (Å²) >= 11 is 6.18. The lowest BCUT2D eigenvalue weighted by atomic mass is 9.74. The van der Waals surface area contributed by atoms with Gasteiger partial charge in [-0.25, -0.2) is 0 Å². The van der Waals surface area contributed by atoms with Crippen molar-refractivity contribution in [2.75, 3.05) is 7.11 Å². The Labute approximate surface area is 114 Å². The number of rotatable bonds is 3. The molecule has 96 valence electrons. The number of methoxy groups -OCH3 is 1. The molecule has 0 heterocycles. The van der Waals surface area contributed by atoms with E-state index < -0.39 is 0 Å². The van der Waals surface area contributed by atoms with Gasteiger partial charge in [-0.2, -0.15) is 5.26 Å². The lowest BCUT2D eigenvalue weighted by Gasteiger charge is -2.30. The van der Waals surface area contributed by atoms with Gasteiger partial charge in [-0.15, -0.1) is 0 Å². The van der Waals surface area contributed by atoms with Gasteiger partial charge in [-0.05, 0) is 42.4 Å². The van der Waals surface area contributed by atoms with Crippen LogP contribution < -0.4 is 4.74 Å². The van der Waals surface area contributed by atoms with Crippen LogP contribution in [-0.2, 0) is 0 Å². The first kappa shape index (κ1) is 13.2. The van der Waals surface area contributed by atoms with E-state index in [1.54, 1.807) is 7.11 Å². The quantitative estimate of drug-likeness (QED) is 0.802. The summed E-state index contributed by atoms with van der Waals surface area (Å²) in [6.07, 6.45) is 5.45. The summed E-state index contributed by atoms with van der Waals surface area (Å²) < 4.78 is 5.18. The van der Waals surface area contributed by atoms with E-state index in [0.717, 1.165) is 12.8 Å². The summed E-state index contributed by atoms with van der Waals surface area (Å²) in [5.74, 6) is 1.67. The Balaban J connectivity index is 2.23. The van der Waals surface area contributed by atoms with Crippen LogP contribution in [0.4, 0.5) is 0 Å². The van der Waals surface area contributed by atoms with Crippen molar-refractivity contribution in [2.24, 2.45) is 5.92 Å². The molecule has 2 unspecified atom stereocenters. The monoisotopic (exact) mass is 263 g/mol. The molecule has 0 spiro atoms. The van der Waals surface area contributed by atoms with E-state index in [4.69, 9.17) is 21.6 Å². The maximum absolute atomic E-state index is 8.92. The van der Waals surface area contributed by atoms with E-state index in [1.807, 2.05) is 12.1 Å². The number of nitriles is 1. The molecule has 1 aliphatic rings. The Hall–Kier alpha value is -1.20. The van der Waals surface area contributed by atoms with E-state index in [0.29, 0.717) is 29.0 Å². The molecule has 3 heteroatoms. The van der Waals surface area contributed by atoms with Gasteiger partial charge in [0.15, 0.2) is 0 Å². The predicted octanol–water partition coefficient (Wildman–Crippen LogP) is 4.54. The second-order valence-electron chi connectivity index (χ2n) is 4.91. The van der Waals surface area contributed by atoms with Crippen LogP contribution in [0.5, 0.6) is 5.75 Å². The highest BCUT2D eigenvalue weighted by Crippen LogP contribution is 2.41. The second kappa shape index (κ2) is 6.11. The number of hydrogen-bond donors (Lipinski definition) is 0. The van der Waals surface area contributed by atoms with Gasteiger partial charge in [0.25, 0.3) is 0 Å². The lowest BCUT2D eigenvalue weighted by Crippen LogP contribution is -2.17. The SMILES string of the molecule is COc1ccc(C2CCCCC2CC#N)cc1Cl. The summed E-state index contributed by atoms with van der Waals surface area (Å²) in [6.45, 7) is 0. The minimum atomic E-state index is 0.474. The van der Waals surface area contributed by atoms with Gasteiger partial charge in [0.2, 0.25) is 0 Å². The third-order valence-electron chi connectivity index (χ3n) is 3.87. The van der Waals surface area contributed by atoms with Crippen LogP contribution >= 0.6 is 11.6 Å². The van der Waals surface area contributed by atoms with Crippen molar-refractivity contribution in [1.82, 2.24) is 0 Å². The maximum atomic E-state index is 8.92. The molecule has 2 nitrogen and oxygen atoms in total. The zero-order chi connectivity index (χ0) is 13.0. The molecule has 0 aliphatic heterocycles. The molecule has 1 saturated carbocycles. The summed E-state index contributed by atoms with van der Waals surface area (Å²) in [7, 11) is 1.62. The van der Waals surface area contributed by atoms with Gasteiger partial charge in [-0.1, -0.05) is 30.5 Å². The molecule has 1 fully saturated rings. The van der Waals surface area contributed by atoms with Crippen molar-refractivity contribution in [3.05, 3.63) is 28.8 Å². The van der Waals surface area contributed by atoms with Gasteiger partial charge in [-0.3, -0.25) is 0 Å². The topological polar surface area (TPSA) is 33.0 Å². The van der Waals surface area contributed by atoms with Crippen molar-refractivity contribution >= 4 is 11.6 Å². The van der Waals surface area contributed by atoms with Gasteiger partial charge in [0, 0.05) is 6.42 Å². The standard InChI is InChI=1S/C15H18ClNO/c1-18-15-7-6-12(10-14(15)16)13-5-3-2-4-11(13)8-9-17/h6-7,10-11,13H,2-5,8H2,1H3. The molecule has 0 aromatic heterocycles. The normalized spacial score (nSPS) is 23.4. The van der Waals surface area contributed by atoms with Crippen molar-refractivity contribution in [1.29, 1.82) is 5.26 Å². The van der Waals surface area contributed by atoms with Crippen LogP contribution in [0.25, 0.3) is 0 Å². The van der Waals surface area contributed by atoms with E-state index in [-0.39, 0.29) is 0 Å². The average Bonchev–Trinajstić information content (AvgIpc) is 2.40. The molecule has 1 aromatic carbocycles. The molecule has 0 N–H and O–H groups in total. The Bertz CT molecular complexity index is 452. The summed E-state index contributed by atoms with van der Waals surface area (Å²) in [5, 5.41) is 9.59. The van der Waals surface area contributed by atoms with Gasteiger partial charge in [0.1, 0.15) is 5.75 Å². The zero-order valence-electron chi connectivity index (χ0n) is 10.7. The van der Waals surface area contributed by atoms with E-state index >= 15 is 0 Å². The third kappa shape index (κ3) is 2.79. The first-order valence-corrected chi connectivity index (χ1v) is 6.84. The van der Waals surface area contributed by atoms with Crippen LogP contribution in [0.15, 0.2) is 18.2 Å². The predicted molar refractivity (Wildman–Crippen MR) is 72.9 cm³/mol. The molecule has 18 heavy (non-hydrogen) atoms. The maximum Gasteiger partial charge on any atom is 0.137 e. The van der Waals surface area contributed by atoms with Crippen molar-refractivity contribution < 1.29 is 4.74 Å². The minimum Gasteiger partial charge on any atom is -0.495 e. The van der Waals surface area contributed by atoms with Crippen LogP contribution in [0.3, 0.4) is 0 Å². The number of nitrogens with zero attached hydrogens (tertiary/aromatic N) is 1. The summed E-state index contributed by atoms with van der Waals surface area (Å²) in [6, 6.07) is 8.33. The van der Waals surface area contributed by atoms with Gasteiger partial charge in [0.05, 0.1) is 18.2 Å². The molecule has 2 rings (SSSR count). The fourth-order valence-corrected chi connectivity index (χ4v) is 3.19. The van der Waals surface area contributed by atoms with E-state index in [9.17, 15) is 0 Å². The third-order valence-corrected chi connectivity index (χ3v) is 4.16. The molecule has 0 saturated heterocycles. The first-order valence-electron chi connectivity index (χ1n) is 6.46. The molecule has 0 bridgehead atoms. The smallest absolute Gasteiger partial charge is 0.137 e. The molecule has 2 atom stereocenters. The van der Waals surface area contributed by atoms with E-state index in [1.165, 1.54) is 18.4 Å². The van der Waals surface area contributed by atoms with Crippen molar-refractivity contribution in [3.8, 4) is 11.8 Å². The van der Waals surface area contributed by atoms with Crippen molar-refractivity contribution in [3.63, 3.8) is 0 Å². The molecular formula is C15H18ClNO. The Kier molecular flexibility index (Phi) is 4.49. The second-order valence-corrected chi connectivity index (χ2v) is 5.31. The lowest BCUT2D eigenvalue weighted by molar-refractivity contribution is 0.311. The fraction of sp³-hybridized carbons (Fsp3) is 0.533. The Morgan fingerprint density at radius 1 is 1.39 bits per heavy atom. The van der Waals surface area contributed by atoms with E-state index in [2.05, 4.69) is 12.1 Å². The van der Waals surface area contributed by atoms with Crippen molar-refractivity contribution in [2.45, 2.75) is 38.0 Å². The van der Waals surface area contributed by atoms with Gasteiger partial charge < -0.3 is 4.74 Å². The highest BCUT2D eigenvalue weighted by molar-refractivity contribution is 6.32. The largest absolute Gasteiger partial charge is 0.495 e. The fourth-order valence-electron chi connectivity index (χ4n) is 2.92. The zero-order valence-corrected chi connectivity index (χ0v) is 11.4. The molecule has 1 aromatic rings. The molecule has 0 amide bonds. The summed E-state index contributed by atoms with van der Waals surface area (Å²) in [4.78, 5) is 0. The first-order chi connectivity index (χ1) is 8.76. The number of halogens is 1. The highest BCUT2D eigenvalue weighted by atomic mass is 35.5. The average molecular weight is 264 g/mol. The molecular weight excluding hydrogens is 246 g/mol. The molecule has 0 radical (unpaired) electrons.